The highest BCUT2D eigenvalue weighted by Crippen LogP contribution is 2.45. The second-order valence-corrected chi connectivity index (χ2v) is 10.6. The maximum absolute atomic E-state index is 15.4. The number of rotatable bonds is 5. The van der Waals surface area contributed by atoms with Gasteiger partial charge in [0.2, 0.25) is 5.91 Å². The van der Waals surface area contributed by atoms with E-state index in [2.05, 4.69) is 0 Å². The third-order valence-corrected chi connectivity index (χ3v) is 7.30. The van der Waals surface area contributed by atoms with E-state index in [9.17, 15) is 18.3 Å². The molecular weight excluding hydrogens is 391 g/mol. The normalized spacial score (nSPS) is 38.8. The van der Waals surface area contributed by atoms with Gasteiger partial charge in [0.1, 0.15) is 6.17 Å². The third-order valence-electron chi connectivity index (χ3n) is 5.83. The first-order valence-electron chi connectivity index (χ1n) is 9.88. The molecule has 3 fully saturated rings. The monoisotopic (exact) mass is 422 g/mol. The van der Waals surface area contributed by atoms with Crippen LogP contribution < -0.4 is 4.72 Å². The second-order valence-electron chi connectivity index (χ2n) is 9.00. The van der Waals surface area contributed by atoms with Crippen molar-refractivity contribution < 1.29 is 32.2 Å². The molecule has 28 heavy (non-hydrogen) atoms. The lowest BCUT2D eigenvalue weighted by molar-refractivity contribution is -0.121. The minimum Gasteiger partial charge on any atom is -0.391 e. The predicted octanol–water partition coefficient (Wildman–Crippen LogP) is 0.751. The average Bonchev–Trinajstić information content (AvgIpc) is 2.83. The molecule has 1 saturated heterocycles. The molecule has 1 amide bonds. The molecule has 1 heterocycles. The minimum absolute atomic E-state index is 0.0131. The van der Waals surface area contributed by atoms with Crippen molar-refractivity contribution in [2.75, 3.05) is 19.8 Å². The smallest absolute Gasteiger partial charge is 0.304 e. The summed E-state index contributed by atoms with van der Waals surface area (Å²) in [4.78, 5) is 11.5. The van der Waals surface area contributed by atoms with Crippen LogP contribution in [0.4, 0.5) is 4.39 Å². The number of nitrogens with zero attached hydrogens (tertiary/aromatic N) is 1. The van der Waals surface area contributed by atoms with Crippen molar-refractivity contribution in [3.05, 3.63) is 0 Å². The molecule has 8 nitrogen and oxygen atoms in total. The summed E-state index contributed by atoms with van der Waals surface area (Å²) in [5.41, 5.74) is -0.246. The molecule has 0 aromatic heterocycles. The molecule has 0 aromatic carbocycles. The number of carbonyl (C=O) groups excluding carboxylic acids is 1. The van der Waals surface area contributed by atoms with Gasteiger partial charge in [0.25, 0.3) is 0 Å². The highest BCUT2D eigenvalue weighted by atomic mass is 32.2. The van der Waals surface area contributed by atoms with Crippen molar-refractivity contribution in [2.24, 2.45) is 11.8 Å². The van der Waals surface area contributed by atoms with Gasteiger partial charge in [-0.25, -0.2) is 9.11 Å². The van der Waals surface area contributed by atoms with Crippen LogP contribution >= 0.6 is 0 Å². The Kier molecular flexibility index (Phi) is 6.36. The molecule has 0 spiro atoms. The molecule has 1 aliphatic heterocycles. The van der Waals surface area contributed by atoms with Crippen LogP contribution in [0.5, 0.6) is 0 Å². The lowest BCUT2D eigenvalue weighted by Crippen LogP contribution is -2.59. The van der Waals surface area contributed by atoms with Crippen molar-refractivity contribution >= 4 is 16.1 Å². The molecule has 10 heteroatoms. The Hall–Kier alpha value is -0.810. The van der Waals surface area contributed by atoms with Crippen LogP contribution in [-0.4, -0.2) is 73.5 Å². The van der Waals surface area contributed by atoms with Crippen LogP contribution in [0.1, 0.15) is 46.5 Å². The standard InChI is InChI=1S/C18H31FN2O6S/c1-18(2,3)27-7-6-26-12-5-4-11-8-14(22)17(16(19)13(11)9-12)21-10-15(23)20-28(21,24)25/h11-14,16-17,22H,4-10H2,1-3H3,(H,20,23). The molecule has 2 N–H and O–H groups in total. The Bertz CT molecular complexity index is 682. The summed E-state index contributed by atoms with van der Waals surface area (Å²) in [5.74, 6) is -1.12. The molecule has 0 radical (unpaired) electrons. The van der Waals surface area contributed by atoms with Crippen molar-refractivity contribution in [2.45, 2.75) is 76.5 Å². The summed E-state index contributed by atoms with van der Waals surface area (Å²) < 4.78 is 53.8. The van der Waals surface area contributed by atoms with Crippen molar-refractivity contribution in [1.29, 1.82) is 0 Å². The predicted molar refractivity (Wildman–Crippen MR) is 99.4 cm³/mol. The van der Waals surface area contributed by atoms with Crippen molar-refractivity contribution in [3.63, 3.8) is 0 Å². The first-order valence-corrected chi connectivity index (χ1v) is 11.3. The van der Waals surface area contributed by atoms with Gasteiger partial charge in [0.15, 0.2) is 0 Å². The van der Waals surface area contributed by atoms with E-state index < -0.39 is 46.9 Å². The SMILES string of the molecule is CC(C)(C)OCCOC1CCC2CC(O)C(N3CC(=O)NS3(=O)=O)C(F)C2C1. The molecular formula is C18H31FN2O6S. The van der Waals surface area contributed by atoms with E-state index in [0.29, 0.717) is 26.1 Å². The highest BCUT2D eigenvalue weighted by Gasteiger charge is 2.53. The molecule has 162 valence electrons. The molecule has 3 rings (SSSR count). The maximum Gasteiger partial charge on any atom is 0.304 e. The van der Waals surface area contributed by atoms with Crippen LogP contribution in [0.3, 0.4) is 0 Å². The molecule has 0 bridgehead atoms. The summed E-state index contributed by atoms with van der Waals surface area (Å²) in [5, 5.41) is 10.4. The fraction of sp³-hybridized carbons (Fsp3) is 0.944. The summed E-state index contributed by atoms with van der Waals surface area (Å²) in [7, 11) is -4.10. The minimum atomic E-state index is -4.10. The quantitative estimate of drug-likeness (QED) is 0.634. The topological polar surface area (TPSA) is 105 Å². The van der Waals surface area contributed by atoms with E-state index in [1.807, 2.05) is 25.5 Å². The summed E-state index contributed by atoms with van der Waals surface area (Å²) >= 11 is 0. The molecule has 2 aliphatic carbocycles. The zero-order valence-electron chi connectivity index (χ0n) is 16.6. The fourth-order valence-corrected chi connectivity index (χ4v) is 5.95. The number of aliphatic hydroxyl groups excluding tert-OH is 1. The van der Waals surface area contributed by atoms with Crippen molar-refractivity contribution in [3.8, 4) is 0 Å². The first-order chi connectivity index (χ1) is 13.0. The van der Waals surface area contributed by atoms with Crippen LogP contribution in [-0.2, 0) is 24.5 Å². The molecule has 6 unspecified atom stereocenters. The van der Waals surface area contributed by atoms with Gasteiger partial charge in [0, 0.05) is 0 Å². The van der Waals surface area contributed by atoms with Gasteiger partial charge in [0.05, 0.1) is 43.6 Å². The highest BCUT2D eigenvalue weighted by molar-refractivity contribution is 7.88. The molecule has 2 saturated carbocycles. The number of aliphatic hydroxyl groups is 1. The van der Waals surface area contributed by atoms with E-state index in [1.54, 1.807) is 0 Å². The largest absolute Gasteiger partial charge is 0.391 e. The Balaban J connectivity index is 1.62. The number of hydrogen-bond donors (Lipinski definition) is 2. The Morgan fingerprint density at radius 2 is 1.96 bits per heavy atom. The lowest BCUT2D eigenvalue weighted by atomic mass is 9.66. The Morgan fingerprint density at radius 1 is 1.25 bits per heavy atom. The number of alkyl halides is 1. The van der Waals surface area contributed by atoms with E-state index >= 15 is 4.39 Å². The van der Waals surface area contributed by atoms with Gasteiger partial charge in [-0.1, -0.05) is 0 Å². The Morgan fingerprint density at radius 3 is 2.57 bits per heavy atom. The summed E-state index contributed by atoms with van der Waals surface area (Å²) in [6, 6.07) is -1.24. The van der Waals surface area contributed by atoms with Gasteiger partial charge < -0.3 is 14.6 Å². The van der Waals surface area contributed by atoms with E-state index in [0.717, 1.165) is 17.1 Å². The van der Waals surface area contributed by atoms with Gasteiger partial charge >= 0.3 is 10.2 Å². The molecule has 3 aliphatic rings. The first kappa shape index (κ1) is 21.9. The van der Waals surface area contributed by atoms with E-state index in [4.69, 9.17) is 9.47 Å². The van der Waals surface area contributed by atoms with Crippen LogP contribution in [0.15, 0.2) is 0 Å². The van der Waals surface area contributed by atoms with Crippen LogP contribution in [0, 0.1) is 11.8 Å². The maximum atomic E-state index is 15.4. The van der Waals surface area contributed by atoms with Gasteiger partial charge in [-0.3, -0.25) is 4.79 Å². The molecule has 6 atom stereocenters. The number of ether oxygens (including phenoxy) is 2. The number of amides is 1. The molecule has 0 aromatic rings. The van der Waals surface area contributed by atoms with Crippen LogP contribution in [0.25, 0.3) is 0 Å². The number of hydrogen-bond acceptors (Lipinski definition) is 6. The average molecular weight is 423 g/mol. The van der Waals surface area contributed by atoms with Gasteiger partial charge in [-0.15, -0.1) is 0 Å². The number of nitrogens with one attached hydrogen (secondary N) is 1. The fourth-order valence-electron chi connectivity index (χ4n) is 4.62. The van der Waals surface area contributed by atoms with E-state index in [1.165, 1.54) is 0 Å². The van der Waals surface area contributed by atoms with Crippen molar-refractivity contribution in [1.82, 2.24) is 9.03 Å². The van der Waals surface area contributed by atoms with Crippen LogP contribution in [0.2, 0.25) is 0 Å². The number of fused-ring (bicyclic) bond motifs is 1. The number of halogens is 1. The zero-order chi connectivity index (χ0) is 20.7. The lowest BCUT2D eigenvalue weighted by Gasteiger charge is -2.47. The summed E-state index contributed by atoms with van der Waals surface area (Å²) in [6.07, 6.45) is -0.485. The Labute approximate surface area is 165 Å². The summed E-state index contributed by atoms with van der Waals surface area (Å²) in [6.45, 7) is 6.31. The van der Waals surface area contributed by atoms with Gasteiger partial charge in [-0.05, 0) is 58.3 Å². The second kappa shape index (κ2) is 8.14. The van der Waals surface area contributed by atoms with E-state index in [-0.39, 0.29) is 17.6 Å². The zero-order valence-corrected chi connectivity index (χ0v) is 17.5. The van der Waals surface area contributed by atoms with Gasteiger partial charge in [-0.2, -0.15) is 12.7 Å². The third kappa shape index (κ3) is 4.84. The number of carbonyl (C=O) groups is 1.